The van der Waals surface area contributed by atoms with Gasteiger partial charge < -0.3 is 10.1 Å². The fraction of sp³-hybridized carbons (Fsp3) is 0.381. The lowest BCUT2D eigenvalue weighted by Gasteiger charge is -2.15. The van der Waals surface area contributed by atoms with Crippen molar-refractivity contribution in [3.05, 3.63) is 52.0 Å². The van der Waals surface area contributed by atoms with Crippen molar-refractivity contribution in [3.8, 4) is 10.6 Å². The number of hydrogen-bond acceptors (Lipinski definition) is 5. The van der Waals surface area contributed by atoms with Crippen LogP contribution in [0.1, 0.15) is 49.5 Å². The van der Waals surface area contributed by atoms with E-state index in [-0.39, 0.29) is 11.6 Å². The topological polar surface area (TPSA) is 68.3 Å². The first-order chi connectivity index (χ1) is 13.5. The number of esters is 1. The van der Waals surface area contributed by atoms with Crippen LogP contribution < -0.4 is 5.32 Å². The van der Waals surface area contributed by atoms with Crippen LogP contribution in [0.3, 0.4) is 0 Å². The van der Waals surface area contributed by atoms with Gasteiger partial charge in [-0.1, -0.05) is 35.4 Å². The van der Waals surface area contributed by atoms with Gasteiger partial charge in [0.2, 0.25) is 0 Å². The third-order valence-corrected chi connectivity index (χ3v) is 5.69. The smallest absolute Gasteiger partial charge is 0.358 e. The summed E-state index contributed by atoms with van der Waals surface area (Å²) in [4.78, 5) is 28.8. The molecule has 1 N–H and O–H groups in total. The number of nitrogens with one attached hydrogen (secondary N) is 1. The van der Waals surface area contributed by atoms with Crippen LogP contribution in [0.5, 0.6) is 0 Å². The van der Waals surface area contributed by atoms with E-state index >= 15 is 0 Å². The molecule has 1 aliphatic rings. The second-order valence-electron chi connectivity index (χ2n) is 6.74. The van der Waals surface area contributed by atoms with Gasteiger partial charge >= 0.3 is 5.97 Å². The quantitative estimate of drug-likeness (QED) is 0.506. The van der Waals surface area contributed by atoms with E-state index in [1.807, 2.05) is 12.1 Å². The zero-order valence-electron chi connectivity index (χ0n) is 15.7. The van der Waals surface area contributed by atoms with Crippen LogP contribution in [0.4, 0.5) is 0 Å². The van der Waals surface area contributed by atoms with Gasteiger partial charge in [0.1, 0.15) is 5.01 Å². The Labute approximate surface area is 173 Å². The number of hydrogen-bond donors (Lipinski definition) is 1. The number of amides is 1. The Bertz CT molecular complexity index is 878. The summed E-state index contributed by atoms with van der Waals surface area (Å²) in [6, 6.07) is 7.26. The summed E-state index contributed by atoms with van der Waals surface area (Å²) in [7, 11) is 0. The van der Waals surface area contributed by atoms with Crippen LogP contribution in [-0.2, 0) is 9.53 Å². The Morgan fingerprint density at radius 1 is 1.36 bits per heavy atom. The Morgan fingerprint density at radius 2 is 2.21 bits per heavy atom. The molecule has 28 heavy (non-hydrogen) atoms. The van der Waals surface area contributed by atoms with Crippen LogP contribution in [0.25, 0.3) is 10.6 Å². The van der Waals surface area contributed by atoms with Crippen LogP contribution >= 0.6 is 22.9 Å². The summed E-state index contributed by atoms with van der Waals surface area (Å²) < 4.78 is 5.27. The largest absolute Gasteiger partial charge is 0.448 e. The molecular weight excluding hydrogens is 396 g/mol. The molecule has 0 unspecified atom stereocenters. The average molecular weight is 419 g/mol. The van der Waals surface area contributed by atoms with Gasteiger partial charge in [0.15, 0.2) is 11.8 Å². The van der Waals surface area contributed by atoms with Gasteiger partial charge in [-0.25, -0.2) is 9.78 Å². The van der Waals surface area contributed by atoms with Gasteiger partial charge in [-0.15, -0.1) is 11.3 Å². The minimum atomic E-state index is -0.871. The number of carbonyl (C=O) groups excluding carboxylic acids is 2. The lowest BCUT2D eigenvalue weighted by molar-refractivity contribution is -0.129. The van der Waals surface area contributed by atoms with Crippen molar-refractivity contribution >= 4 is 34.8 Å². The minimum absolute atomic E-state index is 0.187. The van der Waals surface area contributed by atoms with Crippen LogP contribution in [-0.4, -0.2) is 29.5 Å². The molecule has 7 heteroatoms. The molecular formula is C21H23ClN2O3S. The Hall–Kier alpha value is -2.18. The maximum atomic E-state index is 12.3. The summed E-state index contributed by atoms with van der Waals surface area (Å²) in [6.07, 6.45) is 6.95. The van der Waals surface area contributed by atoms with Crippen LogP contribution in [0.15, 0.2) is 41.3 Å². The number of ether oxygens (including phenoxy) is 1. The first kappa shape index (κ1) is 20.6. The SMILES string of the molecule is C[C@@H](OC(=O)c1csc(-c2cccc(Cl)c2)n1)C(=O)NCCC1=CCCCC1. The molecule has 0 bridgehead atoms. The molecule has 1 aliphatic carbocycles. The summed E-state index contributed by atoms with van der Waals surface area (Å²) in [5.41, 5.74) is 2.42. The van der Waals surface area contributed by atoms with Crippen molar-refractivity contribution in [3.63, 3.8) is 0 Å². The van der Waals surface area contributed by atoms with Gasteiger partial charge in [0.25, 0.3) is 5.91 Å². The monoisotopic (exact) mass is 418 g/mol. The molecule has 0 saturated carbocycles. The normalized spacial score (nSPS) is 14.9. The molecule has 2 aromatic rings. The molecule has 1 amide bonds. The minimum Gasteiger partial charge on any atom is -0.448 e. The van der Waals surface area contributed by atoms with E-state index in [9.17, 15) is 9.59 Å². The maximum absolute atomic E-state index is 12.3. The molecule has 0 aliphatic heterocycles. The van der Waals surface area contributed by atoms with Crippen molar-refractivity contribution in [1.82, 2.24) is 10.3 Å². The first-order valence-corrected chi connectivity index (χ1v) is 10.7. The Balaban J connectivity index is 1.49. The summed E-state index contributed by atoms with van der Waals surface area (Å²) in [5, 5.41) is 5.73. The molecule has 1 aromatic carbocycles. The fourth-order valence-electron chi connectivity index (χ4n) is 3.02. The van der Waals surface area contributed by atoms with Crippen LogP contribution in [0.2, 0.25) is 5.02 Å². The number of benzene rings is 1. The van der Waals surface area contributed by atoms with E-state index in [1.165, 1.54) is 29.8 Å². The predicted molar refractivity (Wildman–Crippen MR) is 112 cm³/mol. The lowest BCUT2D eigenvalue weighted by Crippen LogP contribution is -2.36. The second-order valence-corrected chi connectivity index (χ2v) is 8.04. The Morgan fingerprint density at radius 3 is 2.96 bits per heavy atom. The summed E-state index contributed by atoms with van der Waals surface area (Å²) in [6.45, 7) is 2.12. The number of allylic oxidation sites excluding steroid dienone is 1. The van der Waals surface area contributed by atoms with E-state index in [1.54, 1.807) is 24.4 Å². The number of aromatic nitrogens is 1. The molecule has 1 aromatic heterocycles. The van der Waals surface area contributed by atoms with Gasteiger partial charge in [-0.2, -0.15) is 0 Å². The highest BCUT2D eigenvalue weighted by molar-refractivity contribution is 7.13. The van der Waals surface area contributed by atoms with Crippen molar-refractivity contribution in [2.75, 3.05) is 6.54 Å². The van der Waals surface area contributed by atoms with E-state index in [0.717, 1.165) is 24.8 Å². The third-order valence-electron chi connectivity index (χ3n) is 4.57. The zero-order chi connectivity index (χ0) is 19.9. The highest BCUT2D eigenvalue weighted by Crippen LogP contribution is 2.26. The molecule has 0 saturated heterocycles. The lowest BCUT2D eigenvalue weighted by atomic mass is 9.97. The Kier molecular flexibility index (Phi) is 7.23. The van der Waals surface area contributed by atoms with Crippen molar-refractivity contribution < 1.29 is 14.3 Å². The van der Waals surface area contributed by atoms with Gasteiger partial charge in [-0.3, -0.25) is 4.79 Å². The van der Waals surface area contributed by atoms with E-state index in [0.29, 0.717) is 16.6 Å². The highest BCUT2D eigenvalue weighted by atomic mass is 35.5. The molecule has 3 rings (SSSR count). The average Bonchev–Trinajstić information content (AvgIpc) is 3.19. The highest BCUT2D eigenvalue weighted by Gasteiger charge is 2.21. The van der Waals surface area contributed by atoms with E-state index in [4.69, 9.17) is 16.3 Å². The van der Waals surface area contributed by atoms with Crippen molar-refractivity contribution in [1.29, 1.82) is 0 Å². The molecule has 0 fully saturated rings. The van der Waals surface area contributed by atoms with Crippen LogP contribution in [0, 0.1) is 0 Å². The summed E-state index contributed by atoms with van der Waals surface area (Å²) >= 11 is 7.32. The third kappa shape index (κ3) is 5.66. The maximum Gasteiger partial charge on any atom is 0.358 e. The molecule has 0 radical (unpaired) electrons. The number of carbonyl (C=O) groups is 2. The summed E-state index contributed by atoms with van der Waals surface area (Å²) in [5.74, 6) is -0.905. The molecule has 1 heterocycles. The van der Waals surface area contributed by atoms with E-state index in [2.05, 4.69) is 16.4 Å². The number of rotatable bonds is 7. The molecule has 5 nitrogen and oxygen atoms in total. The second kappa shape index (κ2) is 9.85. The molecule has 148 valence electrons. The molecule has 0 spiro atoms. The fourth-order valence-corrected chi connectivity index (χ4v) is 3.99. The standard InChI is InChI=1S/C21H23ClN2O3S/c1-14(19(25)23-11-10-15-6-3-2-4-7-15)27-21(26)18-13-28-20(24-18)16-8-5-9-17(22)12-16/h5-6,8-9,12-14H,2-4,7,10-11H2,1H3,(H,23,25)/t14-/m1/s1. The first-order valence-electron chi connectivity index (χ1n) is 9.41. The number of thiazole rings is 1. The van der Waals surface area contributed by atoms with Gasteiger partial charge in [0, 0.05) is 22.5 Å². The van der Waals surface area contributed by atoms with Crippen molar-refractivity contribution in [2.24, 2.45) is 0 Å². The zero-order valence-corrected chi connectivity index (χ0v) is 17.3. The predicted octanol–water partition coefficient (Wildman–Crippen LogP) is 5.02. The van der Waals surface area contributed by atoms with Gasteiger partial charge in [-0.05, 0) is 51.2 Å². The number of halogens is 1. The van der Waals surface area contributed by atoms with Gasteiger partial charge in [0.05, 0.1) is 0 Å². The number of nitrogens with zero attached hydrogens (tertiary/aromatic N) is 1. The van der Waals surface area contributed by atoms with Crippen molar-refractivity contribution in [2.45, 2.75) is 45.1 Å². The van der Waals surface area contributed by atoms with E-state index < -0.39 is 12.1 Å². The molecule has 1 atom stereocenters.